The molecule has 1 aromatic carbocycles. The molecule has 0 spiro atoms. The number of ether oxygens (including phenoxy) is 1. The number of rotatable bonds is 2. The van der Waals surface area contributed by atoms with Crippen LogP contribution in [0.15, 0.2) is 22.6 Å². The van der Waals surface area contributed by atoms with Crippen molar-refractivity contribution < 1.29 is 9.15 Å². The number of oxazole rings is 1. The number of hydrogen-bond acceptors (Lipinski definition) is 4. The van der Waals surface area contributed by atoms with E-state index in [2.05, 4.69) is 10.3 Å². The van der Waals surface area contributed by atoms with Crippen molar-refractivity contribution in [3.63, 3.8) is 0 Å². The maximum Gasteiger partial charge on any atom is 0.199 e. The zero-order chi connectivity index (χ0) is 11.7. The third-order valence-electron chi connectivity index (χ3n) is 3.26. The molecule has 1 saturated heterocycles. The van der Waals surface area contributed by atoms with Gasteiger partial charge in [0.1, 0.15) is 11.3 Å². The second-order valence-electron chi connectivity index (χ2n) is 4.43. The summed E-state index contributed by atoms with van der Waals surface area (Å²) in [5.41, 5.74) is 1.72. The van der Waals surface area contributed by atoms with Gasteiger partial charge < -0.3 is 14.5 Å². The number of aromatic nitrogens is 1. The molecule has 1 aliphatic rings. The first kappa shape index (κ1) is 10.6. The minimum atomic E-state index is 0.405. The van der Waals surface area contributed by atoms with Gasteiger partial charge in [0, 0.05) is 18.5 Å². The molecule has 3 rings (SSSR count). The topological polar surface area (TPSA) is 47.3 Å². The van der Waals surface area contributed by atoms with Gasteiger partial charge in [-0.3, -0.25) is 0 Å². The van der Waals surface area contributed by atoms with Crippen LogP contribution in [0.2, 0.25) is 0 Å². The van der Waals surface area contributed by atoms with Crippen LogP contribution >= 0.6 is 0 Å². The van der Waals surface area contributed by atoms with Gasteiger partial charge in [-0.1, -0.05) is 0 Å². The lowest BCUT2D eigenvalue weighted by Gasteiger charge is -2.19. The first-order valence-corrected chi connectivity index (χ1v) is 6.02. The molecule has 1 N–H and O–H groups in total. The van der Waals surface area contributed by atoms with Crippen molar-refractivity contribution in [2.24, 2.45) is 0 Å². The normalized spacial score (nSPS) is 20.6. The van der Waals surface area contributed by atoms with Crippen LogP contribution in [-0.2, 0) is 0 Å². The van der Waals surface area contributed by atoms with Crippen LogP contribution in [0.4, 0.5) is 0 Å². The zero-order valence-electron chi connectivity index (χ0n) is 9.90. The first-order valence-electron chi connectivity index (χ1n) is 6.02. The minimum absolute atomic E-state index is 0.405. The van der Waals surface area contributed by atoms with E-state index >= 15 is 0 Å². The van der Waals surface area contributed by atoms with Gasteiger partial charge in [-0.25, -0.2) is 4.98 Å². The van der Waals surface area contributed by atoms with Gasteiger partial charge in [-0.15, -0.1) is 0 Å². The van der Waals surface area contributed by atoms with E-state index in [1.807, 2.05) is 18.2 Å². The molecular formula is C13H16N2O2. The Morgan fingerprint density at radius 3 is 3.18 bits per heavy atom. The van der Waals surface area contributed by atoms with E-state index in [4.69, 9.17) is 9.15 Å². The van der Waals surface area contributed by atoms with Crippen LogP contribution in [0.5, 0.6) is 5.75 Å². The molecule has 4 heteroatoms. The molecule has 1 aliphatic heterocycles. The summed E-state index contributed by atoms with van der Waals surface area (Å²) in [5.74, 6) is 2.06. The Morgan fingerprint density at radius 1 is 1.47 bits per heavy atom. The van der Waals surface area contributed by atoms with Gasteiger partial charge in [0.2, 0.25) is 0 Å². The third-order valence-corrected chi connectivity index (χ3v) is 3.26. The molecule has 2 heterocycles. The molecule has 0 amide bonds. The van der Waals surface area contributed by atoms with Crippen LogP contribution in [0.1, 0.15) is 24.7 Å². The van der Waals surface area contributed by atoms with Gasteiger partial charge in [0.05, 0.1) is 7.11 Å². The summed E-state index contributed by atoms with van der Waals surface area (Å²) < 4.78 is 11.0. The lowest BCUT2D eigenvalue weighted by Crippen LogP contribution is -2.28. The van der Waals surface area contributed by atoms with Crippen molar-refractivity contribution in [3.8, 4) is 5.75 Å². The Balaban J connectivity index is 1.95. The smallest absolute Gasteiger partial charge is 0.199 e. The molecule has 2 aromatic rings. The van der Waals surface area contributed by atoms with Gasteiger partial charge in [-0.05, 0) is 31.5 Å². The van der Waals surface area contributed by atoms with Gasteiger partial charge in [-0.2, -0.15) is 0 Å². The van der Waals surface area contributed by atoms with Crippen LogP contribution in [0.3, 0.4) is 0 Å². The average Bonchev–Trinajstić information content (AvgIpc) is 2.82. The monoisotopic (exact) mass is 232 g/mol. The molecule has 0 radical (unpaired) electrons. The highest BCUT2D eigenvalue weighted by molar-refractivity contribution is 5.74. The SMILES string of the molecule is COc1ccc2nc(C3CCCNC3)oc2c1. The summed E-state index contributed by atoms with van der Waals surface area (Å²) in [4.78, 5) is 4.55. The van der Waals surface area contributed by atoms with Gasteiger partial charge in [0.15, 0.2) is 11.5 Å². The molecule has 1 atom stereocenters. The van der Waals surface area contributed by atoms with Crippen molar-refractivity contribution in [2.45, 2.75) is 18.8 Å². The Labute approximate surface area is 100.0 Å². The number of nitrogens with one attached hydrogen (secondary N) is 1. The van der Waals surface area contributed by atoms with Crippen molar-refractivity contribution >= 4 is 11.1 Å². The first-order chi connectivity index (χ1) is 8.36. The number of fused-ring (bicyclic) bond motifs is 1. The molecule has 1 unspecified atom stereocenters. The fraction of sp³-hybridized carbons (Fsp3) is 0.462. The molecule has 17 heavy (non-hydrogen) atoms. The molecule has 0 bridgehead atoms. The second-order valence-corrected chi connectivity index (χ2v) is 4.43. The average molecular weight is 232 g/mol. The molecular weight excluding hydrogens is 216 g/mol. The maximum atomic E-state index is 5.82. The lowest BCUT2D eigenvalue weighted by atomic mass is 10.00. The maximum absolute atomic E-state index is 5.82. The molecule has 1 fully saturated rings. The zero-order valence-corrected chi connectivity index (χ0v) is 9.90. The predicted octanol–water partition coefficient (Wildman–Crippen LogP) is 2.30. The van der Waals surface area contributed by atoms with E-state index in [9.17, 15) is 0 Å². The van der Waals surface area contributed by atoms with E-state index in [0.29, 0.717) is 5.92 Å². The summed E-state index contributed by atoms with van der Waals surface area (Å²) in [6.07, 6.45) is 2.34. The van der Waals surface area contributed by atoms with Crippen molar-refractivity contribution in [1.82, 2.24) is 10.3 Å². The van der Waals surface area contributed by atoms with Crippen molar-refractivity contribution in [3.05, 3.63) is 24.1 Å². The summed E-state index contributed by atoms with van der Waals surface area (Å²) in [6.45, 7) is 2.06. The van der Waals surface area contributed by atoms with Gasteiger partial charge >= 0.3 is 0 Å². The molecule has 90 valence electrons. The largest absolute Gasteiger partial charge is 0.497 e. The van der Waals surface area contributed by atoms with E-state index in [1.165, 1.54) is 6.42 Å². The molecule has 0 aliphatic carbocycles. The van der Waals surface area contributed by atoms with E-state index < -0.39 is 0 Å². The highest BCUT2D eigenvalue weighted by Crippen LogP contribution is 2.28. The highest BCUT2D eigenvalue weighted by atomic mass is 16.5. The molecule has 1 aromatic heterocycles. The van der Waals surface area contributed by atoms with E-state index in [1.54, 1.807) is 7.11 Å². The van der Waals surface area contributed by atoms with Crippen molar-refractivity contribution in [2.75, 3.05) is 20.2 Å². The fourth-order valence-corrected chi connectivity index (χ4v) is 2.29. The van der Waals surface area contributed by atoms with E-state index in [0.717, 1.165) is 42.3 Å². The van der Waals surface area contributed by atoms with Crippen LogP contribution in [0, 0.1) is 0 Å². The van der Waals surface area contributed by atoms with Crippen molar-refractivity contribution in [1.29, 1.82) is 0 Å². The van der Waals surface area contributed by atoms with Crippen LogP contribution in [-0.4, -0.2) is 25.2 Å². The van der Waals surface area contributed by atoms with Crippen LogP contribution in [0.25, 0.3) is 11.1 Å². The number of methoxy groups -OCH3 is 1. The summed E-state index contributed by atoms with van der Waals surface area (Å²) in [7, 11) is 1.66. The summed E-state index contributed by atoms with van der Waals surface area (Å²) >= 11 is 0. The Hall–Kier alpha value is -1.55. The number of piperidine rings is 1. The number of benzene rings is 1. The minimum Gasteiger partial charge on any atom is -0.497 e. The number of hydrogen-bond donors (Lipinski definition) is 1. The lowest BCUT2D eigenvalue weighted by molar-refractivity contribution is 0.386. The fourth-order valence-electron chi connectivity index (χ4n) is 2.29. The van der Waals surface area contributed by atoms with E-state index in [-0.39, 0.29) is 0 Å². The highest BCUT2D eigenvalue weighted by Gasteiger charge is 2.20. The Morgan fingerprint density at radius 2 is 2.41 bits per heavy atom. The van der Waals surface area contributed by atoms with Gasteiger partial charge in [0.25, 0.3) is 0 Å². The quantitative estimate of drug-likeness (QED) is 0.863. The summed E-state index contributed by atoms with van der Waals surface area (Å²) in [6, 6.07) is 5.74. The molecule has 4 nitrogen and oxygen atoms in total. The Kier molecular flexibility index (Phi) is 2.73. The predicted molar refractivity (Wildman–Crippen MR) is 65.4 cm³/mol. The third kappa shape index (κ3) is 2.00. The second kappa shape index (κ2) is 4.37. The molecule has 0 saturated carbocycles. The Bertz CT molecular complexity index is 515. The van der Waals surface area contributed by atoms with Crippen LogP contribution < -0.4 is 10.1 Å². The summed E-state index contributed by atoms with van der Waals surface area (Å²) in [5, 5.41) is 3.38. The number of nitrogens with zero attached hydrogens (tertiary/aromatic N) is 1. The standard InChI is InChI=1S/C13H16N2O2/c1-16-10-4-5-11-12(7-10)17-13(15-11)9-3-2-6-14-8-9/h4-5,7,9,14H,2-3,6,8H2,1H3.